The van der Waals surface area contributed by atoms with E-state index in [-0.39, 0.29) is 0 Å². The summed E-state index contributed by atoms with van der Waals surface area (Å²) in [6, 6.07) is 10.1. The third-order valence-corrected chi connectivity index (χ3v) is 5.11. The van der Waals surface area contributed by atoms with E-state index >= 15 is 0 Å². The average Bonchev–Trinajstić information content (AvgIpc) is 3.16. The molecule has 0 amide bonds. The predicted molar refractivity (Wildman–Crippen MR) is 115 cm³/mol. The molecule has 0 atom stereocenters. The first-order valence-corrected chi connectivity index (χ1v) is 10.8. The van der Waals surface area contributed by atoms with Crippen molar-refractivity contribution in [3.05, 3.63) is 47.9 Å². The van der Waals surface area contributed by atoms with Crippen LogP contribution >= 0.6 is 0 Å². The molecule has 0 saturated carbocycles. The Morgan fingerprint density at radius 1 is 0.931 bits per heavy atom. The normalized spacial score (nSPS) is 11.1. The summed E-state index contributed by atoms with van der Waals surface area (Å²) in [6.45, 7) is 2.66. The molecule has 0 N–H and O–H groups in total. The summed E-state index contributed by atoms with van der Waals surface area (Å²) in [5.74, 6) is 1.80. The first kappa shape index (κ1) is 21.2. The molecule has 0 radical (unpaired) electrons. The van der Waals surface area contributed by atoms with E-state index in [1.54, 1.807) is 13.3 Å². The number of aryl methyl sites for hydroxylation is 1. The van der Waals surface area contributed by atoms with Crippen molar-refractivity contribution in [2.75, 3.05) is 7.11 Å². The summed E-state index contributed by atoms with van der Waals surface area (Å²) >= 11 is 0. The molecule has 5 nitrogen and oxygen atoms in total. The van der Waals surface area contributed by atoms with Crippen LogP contribution in [0.25, 0.3) is 11.1 Å². The van der Waals surface area contributed by atoms with Gasteiger partial charge >= 0.3 is 6.01 Å². The summed E-state index contributed by atoms with van der Waals surface area (Å²) in [7, 11) is 1.65. The van der Waals surface area contributed by atoms with Crippen LogP contribution in [0, 0.1) is 0 Å². The van der Waals surface area contributed by atoms with Crippen LogP contribution < -0.4 is 9.47 Å². The number of benzene rings is 1. The van der Waals surface area contributed by atoms with Gasteiger partial charge < -0.3 is 13.9 Å². The first-order chi connectivity index (χ1) is 14.3. The highest BCUT2D eigenvalue weighted by Crippen LogP contribution is 2.21. The topological polar surface area (TPSA) is 57.4 Å². The van der Waals surface area contributed by atoms with Gasteiger partial charge in [0.25, 0.3) is 0 Å². The van der Waals surface area contributed by atoms with Crippen molar-refractivity contribution >= 4 is 11.1 Å². The van der Waals surface area contributed by atoms with Crippen LogP contribution in [-0.2, 0) is 13.0 Å². The third-order valence-electron chi connectivity index (χ3n) is 5.11. The Balaban J connectivity index is 1.44. The minimum atomic E-state index is 0.335. The number of aromatic nitrogens is 2. The van der Waals surface area contributed by atoms with Crippen molar-refractivity contribution in [2.45, 2.75) is 71.3 Å². The second-order valence-electron chi connectivity index (χ2n) is 7.49. The molecule has 5 heteroatoms. The second kappa shape index (κ2) is 11.4. The number of furan rings is 1. The fourth-order valence-corrected chi connectivity index (χ4v) is 3.36. The van der Waals surface area contributed by atoms with Gasteiger partial charge in [-0.25, -0.2) is 4.98 Å². The Morgan fingerprint density at radius 3 is 2.38 bits per heavy atom. The minimum absolute atomic E-state index is 0.335. The molecule has 0 unspecified atom stereocenters. The monoisotopic (exact) mass is 396 g/mol. The zero-order valence-electron chi connectivity index (χ0n) is 17.7. The molecule has 156 valence electrons. The summed E-state index contributed by atoms with van der Waals surface area (Å²) in [6.07, 6.45) is 13.2. The Morgan fingerprint density at radius 2 is 1.66 bits per heavy atom. The predicted octanol–water partition coefficient (Wildman–Crippen LogP) is 6.49. The molecule has 0 fully saturated rings. The van der Waals surface area contributed by atoms with Gasteiger partial charge in [-0.15, -0.1) is 0 Å². The zero-order valence-corrected chi connectivity index (χ0v) is 17.7. The van der Waals surface area contributed by atoms with Gasteiger partial charge in [-0.05, 0) is 30.2 Å². The number of unbranched alkanes of at least 4 members (excludes halogenated alkanes) is 7. The van der Waals surface area contributed by atoms with Crippen LogP contribution in [0.1, 0.15) is 69.6 Å². The lowest BCUT2D eigenvalue weighted by Gasteiger charge is -2.05. The van der Waals surface area contributed by atoms with Crippen LogP contribution in [0.5, 0.6) is 11.8 Å². The molecule has 29 heavy (non-hydrogen) atoms. The average molecular weight is 397 g/mol. The minimum Gasteiger partial charge on any atom is -0.497 e. The molecule has 0 bridgehead atoms. The van der Waals surface area contributed by atoms with Gasteiger partial charge in [0, 0.05) is 12.6 Å². The molecule has 0 spiro atoms. The third kappa shape index (κ3) is 6.77. The maximum Gasteiger partial charge on any atom is 0.320 e. The Kier molecular flexibility index (Phi) is 8.35. The standard InChI is InChI=1S/C24H32N2O3/c1-3-4-5-6-7-8-9-10-11-22-16-20-17-25-24(26-23(20)29-22)28-18-19-12-14-21(27-2)15-13-19/h12-17H,3-11,18H2,1-2H3. The lowest BCUT2D eigenvalue weighted by molar-refractivity contribution is 0.280. The summed E-state index contributed by atoms with van der Waals surface area (Å²) in [5, 5.41) is 0.927. The Hall–Kier alpha value is -2.56. The molecule has 0 aliphatic carbocycles. The van der Waals surface area contributed by atoms with Crippen LogP contribution in [0.3, 0.4) is 0 Å². The molecule has 0 aliphatic rings. The van der Waals surface area contributed by atoms with Crippen molar-refractivity contribution in [1.82, 2.24) is 9.97 Å². The van der Waals surface area contributed by atoms with E-state index in [0.29, 0.717) is 18.3 Å². The van der Waals surface area contributed by atoms with E-state index in [0.717, 1.165) is 35.3 Å². The molecule has 3 rings (SSSR count). The van der Waals surface area contributed by atoms with Crippen molar-refractivity contribution in [3.8, 4) is 11.8 Å². The van der Waals surface area contributed by atoms with E-state index in [9.17, 15) is 0 Å². The Bertz CT molecular complexity index is 858. The number of hydrogen-bond acceptors (Lipinski definition) is 5. The largest absolute Gasteiger partial charge is 0.497 e. The second-order valence-corrected chi connectivity index (χ2v) is 7.49. The number of rotatable bonds is 13. The highest BCUT2D eigenvalue weighted by molar-refractivity contribution is 5.73. The number of hydrogen-bond donors (Lipinski definition) is 0. The van der Waals surface area contributed by atoms with Gasteiger partial charge in [-0.2, -0.15) is 4.98 Å². The number of fused-ring (bicyclic) bond motifs is 1. The molecule has 0 aliphatic heterocycles. The van der Waals surface area contributed by atoms with E-state index in [2.05, 4.69) is 16.9 Å². The summed E-state index contributed by atoms with van der Waals surface area (Å²) < 4.78 is 16.8. The highest BCUT2D eigenvalue weighted by atomic mass is 16.5. The lowest BCUT2D eigenvalue weighted by Crippen LogP contribution is -1.99. The lowest BCUT2D eigenvalue weighted by atomic mass is 10.1. The molecule has 2 heterocycles. The molecular formula is C24H32N2O3. The van der Waals surface area contributed by atoms with Gasteiger partial charge in [-0.3, -0.25) is 0 Å². The van der Waals surface area contributed by atoms with Gasteiger partial charge in [0.2, 0.25) is 5.71 Å². The number of ether oxygens (including phenoxy) is 2. The van der Waals surface area contributed by atoms with E-state index in [1.165, 1.54) is 44.9 Å². The van der Waals surface area contributed by atoms with Crippen LogP contribution in [0.4, 0.5) is 0 Å². The number of methoxy groups -OCH3 is 1. The van der Waals surface area contributed by atoms with Crippen LogP contribution in [0.2, 0.25) is 0 Å². The quantitative estimate of drug-likeness (QED) is 0.309. The molecule has 3 aromatic rings. The maximum atomic E-state index is 5.90. The summed E-state index contributed by atoms with van der Waals surface area (Å²) in [5.41, 5.74) is 1.63. The van der Waals surface area contributed by atoms with Gasteiger partial charge in [0.15, 0.2) is 0 Å². The van der Waals surface area contributed by atoms with E-state index in [4.69, 9.17) is 13.9 Å². The highest BCUT2D eigenvalue weighted by Gasteiger charge is 2.08. The van der Waals surface area contributed by atoms with Gasteiger partial charge in [0.05, 0.1) is 12.5 Å². The SMILES string of the molecule is CCCCCCCCCCc1cc2cnc(OCc3ccc(OC)cc3)nc2o1. The number of nitrogens with zero attached hydrogens (tertiary/aromatic N) is 2. The first-order valence-electron chi connectivity index (χ1n) is 10.8. The molecule has 1 aromatic carbocycles. The van der Waals surface area contributed by atoms with Crippen LogP contribution in [-0.4, -0.2) is 17.1 Å². The summed E-state index contributed by atoms with van der Waals surface area (Å²) in [4.78, 5) is 8.70. The van der Waals surface area contributed by atoms with Gasteiger partial charge in [0.1, 0.15) is 18.1 Å². The molecular weight excluding hydrogens is 364 g/mol. The Labute approximate surface area is 173 Å². The van der Waals surface area contributed by atoms with Crippen molar-refractivity contribution < 1.29 is 13.9 Å². The van der Waals surface area contributed by atoms with E-state index in [1.807, 2.05) is 30.3 Å². The van der Waals surface area contributed by atoms with Crippen molar-refractivity contribution in [1.29, 1.82) is 0 Å². The maximum absolute atomic E-state index is 5.90. The van der Waals surface area contributed by atoms with Crippen LogP contribution in [0.15, 0.2) is 40.9 Å². The zero-order chi connectivity index (χ0) is 20.3. The van der Waals surface area contributed by atoms with Crippen molar-refractivity contribution in [3.63, 3.8) is 0 Å². The van der Waals surface area contributed by atoms with E-state index < -0.39 is 0 Å². The smallest absolute Gasteiger partial charge is 0.320 e. The fourth-order valence-electron chi connectivity index (χ4n) is 3.36. The van der Waals surface area contributed by atoms with Crippen molar-refractivity contribution in [2.24, 2.45) is 0 Å². The molecule has 0 saturated heterocycles. The fraction of sp³-hybridized carbons (Fsp3) is 0.500. The van der Waals surface area contributed by atoms with Gasteiger partial charge in [-0.1, -0.05) is 64.0 Å². The molecule has 2 aromatic heterocycles.